The Morgan fingerprint density at radius 3 is 2.74 bits per heavy atom. The second-order valence-electron chi connectivity index (χ2n) is 5.83. The normalized spacial score (nSPS) is 10.9. The number of anilines is 1. The molecule has 134 valence electrons. The van der Waals surface area contributed by atoms with Crippen LogP contribution >= 0.6 is 27.5 Å². The van der Waals surface area contributed by atoms with Gasteiger partial charge in [-0.2, -0.15) is 0 Å². The molecule has 0 spiro atoms. The average molecular weight is 444 g/mol. The van der Waals surface area contributed by atoms with Crippen LogP contribution in [0.1, 0.15) is 10.4 Å². The molecular formula is C20H12BrClN2O3. The second kappa shape index (κ2) is 7.06. The van der Waals surface area contributed by atoms with Crippen molar-refractivity contribution in [3.63, 3.8) is 0 Å². The highest BCUT2D eigenvalue weighted by Gasteiger charge is 2.12. The van der Waals surface area contributed by atoms with Gasteiger partial charge >= 0.3 is 0 Å². The first-order valence-electron chi connectivity index (χ1n) is 7.96. The van der Waals surface area contributed by atoms with E-state index >= 15 is 0 Å². The fourth-order valence-corrected chi connectivity index (χ4v) is 3.17. The molecule has 0 fully saturated rings. The van der Waals surface area contributed by atoms with Crippen LogP contribution in [-0.2, 0) is 0 Å². The Hall–Kier alpha value is -2.83. The van der Waals surface area contributed by atoms with E-state index in [9.17, 15) is 9.90 Å². The van der Waals surface area contributed by atoms with Crippen LogP contribution < -0.4 is 5.32 Å². The van der Waals surface area contributed by atoms with Gasteiger partial charge in [0, 0.05) is 21.8 Å². The number of fused-ring (bicyclic) bond motifs is 1. The predicted octanol–water partition coefficient (Wildman–Crippen LogP) is 5.87. The van der Waals surface area contributed by atoms with Crippen molar-refractivity contribution in [2.75, 3.05) is 5.32 Å². The van der Waals surface area contributed by atoms with Crippen LogP contribution in [0.4, 0.5) is 5.69 Å². The number of amides is 1. The molecule has 27 heavy (non-hydrogen) atoms. The number of phenols is 1. The molecule has 0 aliphatic carbocycles. The van der Waals surface area contributed by atoms with Gasteiger partial charge in [0.1, 0.15) is 11.3 Å². The van der Waals surface area contributed by atoms with Crippen LogP contribution in [0.25, 0.3) is 22.6 Å². The Morgan fingerprint density at radius 2 is 1.96 bits per heavy atom. The average Bonchev–Trinajstić information content (AvgIpc) is 3.07. The molecule has 0 saturated heterocycles. The summed E-state index contributed by atoms with van der Waals surface area (Å²) in [5, 5.41) is 12.9. The summed E-state index contributed by atoms with van der Waals surface area (Å²) in [6.45, 7) is 0. The third kappa shape index (κ3) is 3.67. The molecule has 1 aromatic heterocycles. The van der Waals surface area contributed by atoms with Crippen molar-refractivity contribution in [3.05, 3.63) is 75.7 Å². The quantitative estimate of drug-likeness (QED) is 0.415. The summed E-state index contributed by atoms with van der Waals surface area (Å²) in [5.74, 6) is 0.299. The first kappa shape index (κ1) is 17.6. The molecule has 0 saturated carbocycles. The van der Waals surface area contributed by atoms with E-state index in [4.69, 9.17) is 16.0 Å². The van der Waals surface area contributed by atoms with Crippen LogP contribution in [0.2, 0.25) is 5.02 Å². The van der Waals surface area contributed by atoms with Crippen LogP contribution in [-0.4, -0.2) is 16.0 Å². The maximum atomic E-state index is 12.4. The molecule has 1 amide bonds. The SMILES string of the molecule is O=C(Nc1ccc2oc(-c3ccc(O)c(Br)c3)nc2c1)c1cccc(Cl)c1. The molecule has 3 aromatic carbocycles. The minimum atomic E-state index is -0.261. The number of hydrogen-bond acceptors (Lipinski definition) is 4. The van der Waals surface area contributed by atoms with Crippen LogP contribution in [0.5, 0.6) is 5.75 Å². The standard InChI is InChI=1S/C20H12BrClN2O3/c21-15-9-12(4-6-17(15)25)20-24-16-10-14(5-7-18(16)27-20)23-19(26)11-2-1-3-13(22)8-11/h1-10,25H,(H,23,26). The van der Waals surface area contributed by atoms with Crippen LogP contribution in [0.3, 0.4) is 0 Å². The topological polar surface area (TPSA) is 75.4 Å². The largest absolute Gasteiger partial charge is 0.507 e. The zero-order valence-electron chi connectivity index (χ0n) is 13.7. The molecule has 2 N–H and O–H groups in total. The summed E-state index contributed by atoms with van der Waals surface area (Å²) in [6, 6.07) is 17.0. The number of hydrogen-bond donors (Lipinski definition) is 2. The molecule has 1 heterocycles. The molecule has 0 unspecified atom stereocenters. The number of nitrogens with one attached hydrogen (secondary N) is 1. The van der Waals surface area contributed by atoms with Crippen molar-refractivity contribution in [2.24, 2.45) is 0 Å². The van der Waals surface area contributed by atoms with Gasteiger partial charge in [0.05, 0.1) is 4.47 Å². The Morgan fingerprint density at radius 1 is 1.11 bits per heavy atom. The molecule has 0 radical (unpaired) electrons. The highest BCUT2D eigenvalue weighted by molar-refractivity contribution is 9.10. The van der Waals surface area contributed by atoms with E-state index in [0.717, 1.165) is 5.56 Å². The Labute approximate surface area is 167 Å². The summed E-state index contributed by atoms with van der Waals surface area (Å²) in [7, 11) is 0. The molecule has 4 rings (SSSR count). The lowest BCUT2D eigenvalue weighted by molar-refractivity contribution is 0.102. The van der Waals surface area contributed by atoms with Crippen LogP contribution in [0.15, 0.2) is 69.6 Å². The van der Waals surface area contributed by atoms with Crippen molar-refractivity contribution in [1.29, 1.82) is 0 Å². The number of halogens is 2. The molecule has 0 aliphatic heterocycles. The zero-order valence-corrected chi connectivity index (χ0v) is 16.1. The predicted molar refractivity (Wildman–Crippen MR) is 108 cm³/mol. The lowest BCUT2D eigenvalue weighted by atomic mass is 10.2. The van der Waals surface area contributed by atoms with Gasteiger partial charge in [-0.25, -0.2) is 4.98 Å². The number of carbonyl (C=O) groups is 1. The van der Waals surface area contributed by atoms with E-state index < -0.39 is 0 Å². The summed E-state index contributed by atoms with van der Waals surface area (Å²) in [6.07, 6.45) is 0. The summed E-state index contributed by atoms with van der Waals surface area (Å²) in [5.41, 5.74) is 2.99. The molecule has 5 nitrogen and oxygen atoms in total. The molecule has 7 heteroatoms. The summed E-state index contributed by atoms with van der Waals surface area (Å²) in [4.78, 5) is 16.8. The summed E-state index contributed by atoms with van der Waals surface area (Å²) >= 11 is 9.21. The number of phenolic OH excluding ortho intramolecular Hbond substituents is 1. The Bertz CT molecular complexity index is 1170. The second-order valence-corrected chi connectivity index (χ2v) is 7.12. The number of aromatic hydroxyl groups is 1. The van der Waals surface area contributed by atoms with Gasteiger partial charge < -0.3 is 14.8 Å². The van der Waals surface area contributed by atoms with E-state index in [1.54, 1.807) is 60.7 Å². The highest BCUT2D eigenvalue weighted by atomic mass is 79.9. The Balaban J connectivity index is 1.62. The molecule has 0 atom stereocenters. The minimum absolute atomic E-state index is 0.140. The maximum Gasteiger partial charge on any atom is 0.255 e. The van der Waals surface area contributed by atoms with Crippen molar-refractivity contribution >= 4 is 50.2 Å². The molecule has 4 aromatic rings. The van der Waals surface area contributed by atoms with E-state index in [-0.39, 0.29) is 11.7 Å². The van der Waals surface area contributed by atoms with Gasteiger partial charge in [0.15, 0.2) is 5.58 Å². The van der Waals surface area contributed by atoms with Gasteiger partial charge in [0.2, 0.25) is 5.89 Å². The first-order valence-corrected chi connectivity index (χ1v) is 9.13. The number of oxazole rings is 1. The van der Waals surface area contributed by atoms with Crippen LogP contribution in [0, 0.1) is 0 Å². The number of benzene rings is 3. The fraction of sp³-hybridized carbons (Fsp3) is 0. The van der Waals surface area contributed by atoms with Crippen molar-refractivity contribution < 1.29 is 14.3 Å². The maximum absolute atomic E-state index is 12.4. The molecule has 0 bridgehead atoms. The van der Waals surface area contributed by atoms with E-state index in [1.807, 2.05) is 0 Å². The molecular weight excluding hydrogens is 432 g/mol. The van der Waals surface area contributed by atoms with Crippen molar-refractivity contribution in [3.8, 4) is 17.2 Å². The van der Waals surface area contributed by atoms with Gasteiger partial charge in [-0.15, -0.1) is 0 Å². The fourth-order valence-electron chi connectivity index (χ4n) is 2.60. The van der Waals surface area contributed by atoms with Gasteiger partial charge in [-0.1, -0.05) is 17.7 Å². The lowest BCUT2D eigenvalue weighted by Crippen LogP contribution is -2.11. The summed E-state index contributed by atoms with van der Waals surface area (Å²) < 4.78 is 6.32. The van der Waals surface area contributed by atoms with E-state index in [2.05, 4.69) is 26.2 Å². The van der Waals surface area contributed by atoms with E-state index in [0.29, 0.717) is 37.7 Å². The monoisotopic (exact) mass is 442 g/mol. The zero-order chi connectivity index (χ0) is 19.0. The third-order valence-electron chi connectivity index (χ3n) is 3.93. The number of carbonyl (C=O) groups excluding carboxylic acids is 1. The van der Waals surface area contributed by atoms with Crippen molar-refractivity contribution in [1.82, 2.24) is 4.98 Å². The first-order chi connectivity index (χ1) is 13.0. The van der Waals surface area contributed by atoms with Gasteiger partial charge in [0.25, 0.3) is 5.91 Å². The van der Waals surface area contributed by atoms with Gasteiger partial charge in [-0.3, -0.25) is 4.79 Å². The number of aromatic nitrogens is 1. The van der Waals surface area contributed by atoms with Crippen molar-refractivity contribution in [2.45, 2.75) is 0 Å². The lowest BCUT2D eigenvalue weighted by Gasteiger charge is -2.05. The highest BCUT2D eigenvalue weighted by Crippen LogP contribution is 2.31. The van der Waals surface area contributed by atoms with E-state index in [1.165, 1.54) is 0 Å². The number of rotatable bonds is 3. The molecule has 0 aliphatic rings. The number of nitrogens with zero attached hydrogens (tertiary/aromatic N) is 1. The smallest absolute Gasteiger partial charge is 0.255 e. The third-order valence-corrected chi connectivity index (χ3v) is 4.80. The Kier molecular flexibility index (Phi) is 4.59. The van der Waals surface area contributed by atoms with Gasteiger partial charge in [-0.05, 0) is 70.5 Å². The minimum Gasteiger partial charge on any atom is -0.507 e.